The van der Waals surface area contributed by atoms with Crippen LogP contribution < -0.4 is 13.7 Å². The summed E-state index contributed by atoms with van der Waals surface area (Å²) in [6, 6.07) is 11.5. The summed E-state index contributed by atoms with van der Waals surface area (Å²) in [5, 5.41) is 12.9. The number of nitro groups is 1. The van der Waals surface area contributed by atoms with E-state index in [2.05, 4.69) is 0 Å². The number of nitrogens with zero attached hydrogens (tertiary/aromatic N) is 1. The minimum atomic E-state index is -4.21. The van der Waals surface area contributed by atoms with Crippen molar-refractivity contribution in [2.24, 2.45) is 0 Å². The molecule has 0 radical (unpaired) electrons. The van der Waals surface area contributed by atoms with Crippen LogP contribution in [0.1, 0.15) is 6.42 Å². The molecule has 0 fully saturated rings. The van der Waals surface area contributed by atoms with E-state index in [-0.39, 0.29) is 16.3 Å². The summed E-state index contributed by atoms with van der Waals surface area (Å²) < 4.78 is 42.1. The van der Waals surface area contributed by atoms with Crippen LogP contribution in [-0.2, 0) is 10.1 Å². The van der Waals surface area contributed by atoms with Gasteiger partial charge in [-0.05, 0) is 29.6 Å². The lowest BCUT2D eigenvalue weighted by Crippen LogP contribution is -2.11. The molecule has 0 unspecified atom stereocenters. The molecule has 10 heteroatoms. The van der Waals surface area contributed by atoms with E-state index in [4.69, 9.17) is 13.7 Å². The highest BCUT2D eigenvalue weighted by Crippen LogP contribution is 2.38. The van der Waals surface area contributed by atoms with E-state index in [0.717, 1.165) is 0 Å². The first kappa shape index (κ1) is 19.2. The molecule has 8 nitrogen and oxygen atoms in total. The lowest BCUT2D eigenvalue weighted by Gasteiger charge is -2.12. The Balaban J connectivity index is 1.72. The van der Waals surface area contributed by atoms with Crippen molar-refractivity contribution in [3.8, 4) is 27.7 Å². The number of thiophene rings is 1. The summed E-state index contributed by atoms with van der Waals surface area (Å²) in [6.07, 6.45) is 0.695. The number of fused-ring (bicyclic) bond motifs is 1. The van der Waals surface area contributed by atoms with Gasteiger partial charge in [0.15, 0.2) is 17.2 Å². The van der Waals surface area contributed by atoms with Crippen LogP contribution in [0.15, 0.2) is 58.8 Å². The van der Waals surface area contributed by atoms with Gasteiger partial charge in [-0.25, -0.2) is 0 Å². The van der Waals surface area contributed by atoms with Gasteiger partial charge in [-0.3, -0.25) is 10.1 Å². The topological polar surface area (TPSA) is 105 Å². The molecule has 2 heterocycles. The molecule has 1 aliphatic heterocycles. The minimum Gasteiger partial charge on any atom is -0.490 e. The highest BCUT2D eigenvalue weighted by atomic mass is 32.2. The fourth-order valence-electron chi connectivity index (χ4n) is 2.79. The summed E-state index contributed by atoms with van der Waals surface area (Å²) in [6.45, 7) is 0.908. The first-order valence-corrected chi connectivity index (χ1v) is 10.9. The third-order valence-corrected chi connectivity index (χ3v) is 6.30. The number of non-ortho nitro benzene ring substituents is 1. The maximum Gasteiger partial charge on any atom is 0.339 e. The Morgan fingerprint density at radius 2 is 1.83 bits per heavy atom. The average molecular weight is 433 g/mol. The van der Waals surface area contributed by atoms with Crippen molar-refractivity contribution in [1.29, 1.82) is 0 Å². The van der Waals surface area contributed by atoms with Gasteiger partial charge in [0.25, 0.3) is 5.69 Å². The van der Waals surface area contributed by atoms with E-state index < -0.39 is 15.0 Å². The van der Waals surface area contributed by atoms with Crippen LogP contribution in [0, 0.1) is 10.1 Å². The molecule has 1 aliphatic rings. The van der Waals surface area contributed by atoms with Gasteiger partial charge in [0.05, 0.1) is 18.1 Å². The molecule has 150 valence electrons. The second-order valence-electron chi connectivity index (χ2n) is 6.11. The number of nitro benzene ring substituents is 1. The van der Waals surface area contributed by atoms with E-state index in [1.165, 1.54) is 47.7 Å². The second-order valence-corrected chi connectivity index (χ2v) is 8.61. The maximum atomic E-state index is 12.9. The smallest absolute Gasteiger partial charge is 0.339 e. The fourth-order valence-corrected chi connectivity index (χ4v) is 4.51. The predicted octanol–water partition coefficient (Wildman–Crippen LogP) is 4.25. The summed E-state index contributed by atoms with van der Waals surface area (Å²) in [4.78, 5) is 11.1. The molecule has 0 bridgehead atoms. The van der Waals surface area contributed by atoms with Crippen LogP contribution in [0.5, 0.6) is 17.2 Å². The predicted molar refractivity (Wildman–Crippen MR) is 106 cm³/mol. The van der Waals surface area contributed by atoms with Gasteiger partial charge in [0, 0.05) is 35.1 Å². The molecule has 4 rings (SSSR count). The molecule has 0 amide bonds. The number of rotatable bonds is 5. The van der Waals surface area contributed by atoms with Gasteiger partial charge in [-0.2, -0.15) is 8.42 Å². The standard InChI is InChI=1S/C19H15NO7S2/c21-20(22)13-4-6-16(15(11-13)19-3-1-10-28-19)27-29(23,24)14-5-7-17-18(12-14)26-9-2-8-25-17/h1,3-7,10-12H,2,8-9H2. The van der Waals surface area contributed by atoms with Gasteiger partial charge >= 0.3 is 10.1 Å². The molecule has 29 heavy (non-hydrogen) atoms. The molecular weight excluding hydrogens is 418 g/mol. The molecule has 3 aromatic rings. The highest BCUT2D eigenvalue weighted by molar-refractivity contribution is 7.87. The molecule has 0 saturated heterocycles. The van der Waals surface area contributed by atoms with Crippen LogP contribution in [0.3, 0.4) is 0 Å². The molecule has 2 aromatic carbocycles. The third kappa shape index (κ3) is 4.03. The monoisotopic (exact) mass is 433 g/mol. The summed E-state index contributed by atoms with van der Waals surface area (Å²) >= 11 is 1.32. The van der Waals surface area contributed by atoms with Crippen molar-refractivity contribution in [3.63, 3.8) is 0 Å². The number of hydrogen-bond donors (Lipinski definition) is 0. The lowest BCUT2D eigenvalue weighted by atomic mass is 10.1. The molecule has 0 N–H and O–H groups in total. The molecule has 0 spiro atoms. The van der Waals surface area contributed by atoms with E-state index in [0.29, 0.717) is 41.6 Å². The van der Waals surface area contributed by atoms with E-state index >= 15 is 0 Å². The zero-order valence-electron chi connectivity index (χ0n) is 14.9. The Morgan fingerprint density at radius 3 is 2.55 bits per heavy atom. The largest absolute Gasteiger partial charge is 0.490 e. The number of benzene rings is 2. The van der Waals surface area contributed by atoms with Crippen LogP contribution in [0.2, 0.25) is 0 Å². The zero-order chi connectivity index (χ0) is 20.4. The maximum absolute atomic E-state index is 12.9. The van der Waals surface area contributed by atoms with Crippen molar-refractivity contribution in [2.75, 3.05) is 13.2 Å². The first-order valence-electron chi connectivity index (χ1n) is 8.60. The van der Waals surface area contributed by atoms with Crippen molar-refractivity contribution in [3.05, 3.63) is 64.0 Å². The van der Waals surface area contributed by atoms with Crippen molar-refractivity contribution < 1.29 is 27.0 Å². The SMILES string of the molecule is O=[N+]([O-])c1ccc(OS(=O)(=O)c2ccc3c(c2)OCCCO3)c(-c2cccs2)c1. The van der Waals surface area contributed by atoms with Crippen LogP contribution >= 0.6 is 11.3 Å². The number of hydrogen-bond acceptors (Lipinski definition) is 8. The van der Waals surface area contributed by atoms with Crippen LogP contribution in [0.4, 0.5) is 5.69 Å². The zero-order valence-corrected chi connectivity index (χ0v) is 16.6. The summed E-state index contributed by atoms with van der Waals surface area (Å²) in [7, 11) is -4.21. The normalized spacial score (nSPS) is 13.5. The molecule has 0 aliphatic carbocycles. The third-order valence-electron chi connectivity index (χ3n) is 4.17. The van der Waals surface area contributed by atoms with Gasteiger partial charge in [0.1, 0.15) is 4.90 Å². The number of ether oxygens (including phenoxy) is 2. The van der Waals surface area contributed by atoms with Crippen LogP contribution in [0.25, 0.3) is 10.4 Å². The molecule has 1 aromatic heterocycles. The first-order chi connectivity index (χ1) is 13.9. The van der Waals surface area contributed by atoms with Crippen molar-refractivity contribution in [1.82, 2.24) is 0 Å². The van der Waals surface area contributed by atoms with Gasteiger partial charge in [0.2, 0.25) is 0 Å². The molecule has 0 atom stereocenters. The lowest BCUT2D eigenvalue weighted by molar-refractivity contribution is -0.384. The quantitative estimate of drug-likeness (QED) is 0.336. The Hall–Kier alpha value is -3.11. The Morgan fingerprint density at radius 1 is 1.03 bits per heavy atom. The van der Waals surface area contributed by atoms with E-state index in [1.54, 1.807) is 17.5 Å². The van der Waals surface area contributed by atoms with Gasteiger partial charge in [-0.1, -0.05) is 6.07 Å². The molecular formula is C19H15NO7S2. The van der Waals surface area contributed by atoms with Crippen molar-refractivity contribution in [2.45, 2.75) is 11.3 Å². The molecule has 0 saturated carbocycles. The summed E-state index contributed by atoms with van der Waals surface area (Å²) in [5.74, 6) is 0.801. The second kappa shape index (κ2) is 7.72. The highest BCUT2D eigenvalue weighted by Gasteiger charge is 2.24. The Labute approximate surface area is 170 Å². The van der Waals surface area contributed by atoms with E-state index in [9.17, 15) is 18.5 Å². The van der Waals surface area contributed by atoms with Crippen LogP contribution in [-0.4, -0.2) is 26.6 Å². The summed E-state index contributed by atoms with van der Waals surface area (Å²) in [5.41, 5.74) is 0.167. The Kier molecular flexibility index (Phi) is 5.12. The van der Waals surface area contributed by atoms with Crippen molar-refractivity contribution >= 4 is 27.1 Å². The minimum absolute atomic E-state index is 0.00478. The fraction of sp³-hybridized carbons (Fsp3) is 0.158. The van der Waals surface area contributed by atoms with E-state index in [1.807, 2.05) is 0 Å². The van der Waals surface area contributed by atoms with Gasteiger partial charge < -0.3 is 13.7 Å². The van der Waals surface area contributed by atoms with Gasteiger partial charge in [-0.15, -0.1) is 11.3 Å². The Bertz CT molecular complexity index is 1160. The average Bonchev–Trinajstić information content (AvgIpc) is 3.12.